The van der Waals surface area contributed by atoms with Crippen LogP contribution >= 0.6 is 23.5 Å². The lowest BCUT2D eigenvalue weighted by atomic mass is 10.1. The Balaban J connectivity index is 2.32. The first-order valence-corrected chi connectivity index (χ1v) is 9.70. The van der Waals surface area contributed by atoms with Crippen molar-refractivity contribution in [3.05, 3.63) is 34.4 Å². The van der Waals surface area contributed by atoms with Crippen molar-refractivity contribution in [1.29, 1.82) is 0 Å². The van der Waals surface area contributed by atoms with Crippen molar-refractivity contribution in [3.63, 3.8) is 0 Å². The lowest BCUT2D eigenvalue weighted by molar-refractivity contribution is -0.129. The van der Waals surface area contributed by atoms with Crippen LogP contribution in [0.25, 0.3) is 10.8 Å². The molecule has 0 unspecified atom stereocenters. The molecule has 1 aromatic heterocycles. The van der Waals surface area contributed by atoms with Crippen LogP contribution < -0.4 is 4.74 Å². The third-order valence-electron chi connectivity index (χ3n) is 3.54. The van der Waals surface area contributed by atoms with Gasteiger partial charge in [0, 0.05) is 41.8 Å². The maximum atomic E-state index is 14.0. The molecule has 2 aromatic rings. The zero-order valence-electron chi connectivity index (χ0n) is 13.8. The minimum atomic E-state index is -5.70. The summed E-state index contributed by atoms with van der Waals surface area (Å²) < 4.78 is 44.4. The molecule has 1 heterocycles. The average Bonchev–Trinajstić information content (AvgIpc) is 2.53. The van der Waals surface area contributed by atoms with Crippen LogP contribution in [0.2, 0.25) is 0 Å². The van der Waals surface area contributed by atoms with Gasteiger partial charge in [0.1, 0.15) is 0 Å². The normalized spacial score (nSPS) is 12.3. The number of nitrogens with zero attached hydrogens (tertiary/aromatic N) is 2. The second kappa shape index (κ2) is 7.56. The van der Waals surface area contributed by atoms with Crippen LogP contribution in [0.15, 0.2) is 28.9 Å². The predicted octanol–water partition coefficient (Wildman–Crippen LogP) is 3.08. The second-order valence-corrected chi connectivity index (χ2v) is 8.18. The Morgan fingerprint density at radius 3 is 2.54 bits per heavy atom. The minimum absolute atomic E-state index is 0.0531. The summed E-state index contributed by atoms with van der Waals surface area (Å²) in [7, 11) is -2.48. The maximum Gasteiger partial charge on any atom is 0.399 e. The average molecular weight is 453 g/mol. The molecule has 0 aliphatic heterocycles. The van der Waals surface area contributed by atoms with Crippen LogP contribution in [0.3, 0.4) is 0 Å². The number of benzene rings is 1. The van der Waals surface area contributed by atoms with Gasteiger partial charge in [0.15, 0.2) is 0 Å². The molecule has 1 amide bonds. The van der Waals surface area contributed by atoms with E-state index in [9.17, 15) is 18.1 Å². The topological polar surface area (TPSA) is 100.0 Å². The standard InChI is InChI=1S/C15H16BrF2N2O5P/c1-20(2)14(21)3-4-25-13-7-9-5-11(15(17,18)26(22,23)24)12(16)6-10(9)8-19-13/h5-8H,3-4H2,1-2H3,(H2,22,23,24). The summed E-state index contributed by atoms with van der Waals surface area (Å²) in [6.45, 7) is 0.0531. The number of carbonyl (C=O) groups excluding carboxylic acids is 1. The molecule has 0 bridgehead atoms. The van der Waals surface area contributed by atoms with Crippen molar-refractivity contribution < 1.29 is 32.7 Å². The van der Waals surface area contributed by atoms with Crippen molar-refractivity contribution in [2.24, 2.45) is 0 Å². The highest BCUT2D eigenvalue weighted by Crippen LogP contribution is 2.60. The van der Waals surface area contributed by atoms with E-state index in [0.717, 1.165) is 6.07 Å². The van der Waals surface area contributed by atoms with Gasteiger partial charge in [-0.3, -0.25) is 9.36 Å². The summed E-state index contributed by atoms with van der Waals surface area (Å²) in [4.78, 5) is 34.8. The second-order valence-electron chi connectivity index (χ2n) is 5.67. The van der Waals surface area contributed by atoms with Gasteiger partial charge in [-0.2, -0.15) is 8.78 Å². The summed E-state index contributed by atoms with van der Waals surface area (Å²) in [5.41, 5.74) is -5.18. The lowest BCUT2D eigenvalue weighted by Crippen LogP contribution is -2.23. The monoisotopic (exact) mass is 452 g/mol. The van der Waals surface area contributed by atoms with E-state index in [4.69, 9.17) is 14.5 Å². The molecule has 0 saturated carbocycles. The molecule has 0 atom stereocenters. The summed E-state index contributed by atoms with van der Waals surface area (Å²) in [6, 6.07) is 3.62. The first kappa shape index (κ1) is 20.7. The van der Waals surface area contributed by atoms with E-state index < -0.39 is 18.8 Å². The minimum Gasteiger partial charge on any atom is -0.477 e. The number of hydrogen-bond acceptors (Lipinski definition) is 4. The molecule has 7 nitrogen and oxygen atoms in total. The van der Waals surface area contributed by atoms with Gasteiger partial charge in [-0.05, 0) is 17.5 Å². The van der Waals surface area contributed by atoms with E-state index in [1.807, 2.05) is 0 Å². The van der Waals surface area contributed by atoms with E-state index in [0.29, 0.717) is 5.39 Å². The molecule has 0 saturated heterocycles. The number of rotatable bonds is 6. The zero-order valence-corrected chi connectivity index (χ0v) is 16.3. The van der Waals surface area contributed by atoms with Gasteiger partial charge < -0.3 is 19.4 Å². The van der Waals surface area contributed by atoms with Gasteiger partial charge >= 0.3 is 13.3 Å². The Morgan fingerprint density at radius 2 is 1.96 bits per heavy atom. The molecule has 0 aliphatic rings. The Morgan fingerprint density at radius 1 is 1.31 bits per heavy atom. The molecule has 0 spiro atoms. The molecule has 11 heteroatoms. The number of aromatic nitrogens is 1. The van der Waals surface area contributed by atoms with Crippen LogP contribution in [0, 0.1) is 0 Å². The Labute approximate surface area is 156 Å². The number of fused-ring (bicyclic) bond motifs is 1. The molecule has 26 heavy (non-hydrogen) atoms. The maximum absolute atomic E-state index is 14.0. The smallest absolute Gasteiger partial charge is 0.399 e. The highest BCUT2D eigenvalue weighted by molar-refractivity contribution is 9.10. The van der Waals surface area contributed by atoms with Gasteiger partial charge in [0.2, 0.25) is 11.8 Å². The van der Waals surface area contributed by atoms with Crippen LogP contribution in [-0.2, 0) is 15.0 Å². The fourth-order valence-electron chi connectivity index (χ4n) is 2.08. The third kappa shape index (κ3) is 4.37. The van der Waals surface area contributed by atoms with Gasteiger partial charge in [0.25, 0.3) is 0 Å². The van der Waals surface area contributed by atoms with Gasteiger partial charge in [-0.25, -0.2) is 4.98 Å². The summed E-state index contributed by atoms with van der Waals surface area (Å²) >= 11 is 2.91. The molecule has 0 fully saturated rings. The SMILES string of the molecule is CN(C)C(=O)CCOc1cc2cc(C(F)(F)P(=O)(O)O)c(Br)cc2cn1. The Hall–Kier alpha value is -1.61. The third-order valence-corrected chi connectivity index (χ3v) is 5.17. The number of amides is 1. The number of pyridine rings is 1. The molecular weight excluding hydrogens is 437 g/mol. The van der Waals surface area contributed by atoms with E-state index in [-0.39, 0.29) is 34.7 Å². The molecule has 142 valence electrons. The van der Waals surface area contributed by atoms with Crippen molar-refractivity contribution in [1.82, 2.24) is 9.88 Å². The Kier molecular flexibility index (Phi) is 6.02. The summed E-state index contributed by atoms with van der Waals surface area (Å²) in [6.07, 6.45) is 1.50. The quantitative estimate of drug-likeness (QED) is 0.653. The van der Waals surface area contributed by atoms with Gasteiger partial charge in [0.05, 0.1) is 13.0 Å². The van der Waals surface area contributed by atoms with Crippen molar-refractivity contribution in [2.75, 3.05) is 20.7 Å². The van der Waals surface area contributed by atoms with Crippen molar-refractivity contribution in [2.45, 2.75) is 12.1 Å². The number of ether oxygens (including phenoxy) is 1. The van der Waals surface area contributed by atoms with Crippen LogP contribution in [0.1, 0.15) is 12.0 Å². The lowest BCUT2D eigenvalue weighted by Gasteiger charge is -2.20. The van der Waals surface area contributed by atoms with Crippen LogP contribution in [0.4, 0.5) is 8.78 Å². The van der Waals surface area contributed by atoms with E-state index in [1.165, 1.54) is 23.2 Å². The largest absolute Gasteiger partial charge is 0.477 e. The van der Waals surface area contributed by atoms with Crippen LogP contribution in [0.5, 0.6) is 5.88 Å². The predicted molar refractivity (Wildman–Crippen MR) is 94.2 cm³/mol. The van der Waals surface area contributed by atoms with E-state index >= 15 is 0 Å². The van der Waals surface area contributed by atoms with Gasteiger partial charge in [-0.15, -0.1) is 0 Å². The number of hydrogen-bond donors (Lipinski definition) is 2. The molecule has 1 aromatic carbocycles. The van der Waals surface area contributed by atoms with E-state index in [2.05, 4.69) is 20.9 Å². The highest BCUT2D eigenvalue weighted by atomic mass is 79.9. The zero-order chi connectivity index (χ0) is 19.7. The molecular formula is C15H16BrF2N2O5P. The first-order chi connectivity index (χ1) is 11.9. The van der Waals surface area contributed by atoms with Crippen LogP contribution in [-0.4, -0.2) is 46.3 Å². The first-order valence-electron chi connectivity index (χ1n) is 7.29. The molecule has 0 aliphatic carbocycles. The fraction of sp³-hybridized carbons (Fsp3) is 0.333. The number of alkyl halides is 2. The molecule has 2 N–H and O–H groups in total. The highest BCUT2D eigenvalue weighted by Gasteiger charge is 2.51. The summed E-state index contributed by atoms with van der Waals surface area (Å²) in [5, 5.41) is 0.735. The molecule has 0 radical (unpaired) electrons. The summed E-state index contributed by atoms with van der Waals surface area (Å²) in [5.74, 6) is -0.0323. The molecule has 2 rings (SSSR count). The Bertz CT molecular complexity index is 888. The van der Waals surface area contributed by atoms with E-state index in [1.54, 1.807) is 14.1 Å². The van der Waals surface area contributed by atoms with Gasteiger partial charge in [-0.1, -0.05) is 15.9 Å². The fourth-order valence-corrected chi connectivity index (χ4v) is 3.34. The number of halogens is 3. The van der Waals surface area contributed by atoms with Crippen molar-refractivity contribution >= 4 is 40.2 Å². The van der Waals surface area contributed by atoms with Crippen molar-refractivity contribution in [3.8, 4) is 5.88 Å². The number of carbonyl (C=O) groups is 1.